The molecule has 1 aromatic rings. The van der Waals surface area contributed by atoms with E-state index in [9.17, 15) is 0 Å². The second-order valence-corrected chi connectivity index (χ2v) is 5.20. The van der Waals surface area contributed by atoms with E-state index < -0.39 is 0 Å². The number of hydrogen-bond acceptors (Lipinski definition) is 1. The van der Waals surface area contributed by atoms with Crippen molar-refractivity contribution in [3.63, 3.8) is 0 Å². The predicted molar refractivity (Wildman–Crippen MR) is 69.8 cm³/mol. The Labute approximate surface area is 99.3 Å². The maximum Gasteiger partial charge on any atom is 0.00812 e. The van der Waals surface area contributed by atoms with Crippen molar-refractivity contribution in [1.29, 1.82) is 0 Å². The van der Waals surface area contributed by atoms with Crippen molar-refractivity contribution in [2.45, 2.75) is 58.0 Å². The molecule has 1 heteroatoms. The van der Waals surface area contributed by atoms with E-state index in [0.29, 0.717) is 6.04 Å². The highest BCUT2D eigenvalue weighted by Gasteiger charge is 2.31. The molecule has 2 rings (SSSR count). The molecule has 1 aromatic carbocycles. The molecular weight excluding hydrogens is 194 g/mol. The van der Waals surface area contributed by atoms with E-state index in [4.69, 9.17) is 0 Å². The van der Waals surface area contributed by atoms with Crippen LogP contribution in [0.3, 0.4) is 0 Å². The van der Waals surface area contributed by atoms with Crippen LogP contribution in [0.2, 0.25) is 0 Å². The molecule has 1 N–H and O–H groups in total. The van der Waals surface area contributed by atoms with Gasteiger partial charge in [-0.3, -0.25) is 0 Å². The van der Waals surface area contributed by atoms with E-state index in [1.165, 1.54) is 24.8 Å². The Balaban J connectivity index is 1.87. The molecule has 16 heavy (non-hydrogen) atoms. The summed E-state index contributed by atoms with van der Waals surface area (Å²) < 4.78 is 0. The van der Waals surface area contributed by atoms with Gasteiger partial charge in [0.1, 0.15) is 0 Å². The minimum absolute atomic E-state index is 0.669. The van der Waals surface area contributed by atoms with Crippen LogP contribution < -0.4 is 5.32 Å². The van der Waals surface area contributed by atoms with Crippen LogP contribution in [0.15, 0.2) is 24.3 Å². The van der Waals surface area contributed by atoms with Crippen LogP contribution in [-0.4, -0.2) is 12.1 Å². The molecular formula is C15H23N. The van der Waals surface area contributed by atoms with Gasteiger partial charge in [-0.2, -0.15) is 0 Å². The molecule has 1 nitrogen and oxygen atoms in total. The fourth-order valence-electron chi connectivity index (χ4n) is 2.57. The molecule has 0 heterocycles. The molecule has 88 valence electrons. The largest absolute Gasteiger partial charge is 0.311 e. The first-order chi connectivity index (χ1) is 7.70. The number of nitrogens with one attached hydrogen (secondary N) is 1. The summed E-state index contributed by atoms with van der Waals surface area (Å²) in [5.74, 6) is 0.794. The van der Waals surface area contributed by atoms with Crippen LogP contribution in [0.25, 0.3) is 0 Å². The third-order valence-corrected chi connectivity index (χ3v) is 3.90. The van der Waals surface area contributed by atoms with E-state index in [1.54, 1.807) is 5.56 Å². The summed E-state index contributed by atoms with van der Waals surface area (Å²) >= 11 is 0. The number of benzene rings is 1. The molecule has 0 saturated heterocycles. The Morgan fingerprint density at radius 3 is 2.62 bits per heavy atom. The third-order valence-electron chi connectivity index (χ3n) is 3.90. The van der Waals surface area contributed by atoms with Crippen molar-refractivity contribution >= 4 is 0 Å². The molecule has 1 saturated carbocycles. The zero-order valence-corrected chi connectivity index (χ0v) is 10.7. The number of hydrogen-bond donors (Lipinski definition) is 1. The van der Waals surface area contributed by atoms with Crippen molar-refractivity contribution < 1.29 is 0 Å². The van der Waals surface area contributed by atoms with Gasteiger partial charge in [-0.15, -0.1) is 0 Å². The minimum atomic E-state index is 0.669. The Morgan fingerprint density at radius 2 is 2.00 bits per heavy atom. The highest BCUT2D eigenvalue weighted by atomic mass is 15.0. The van der Waals surface area contributed by atoms with E-state index in [0.717, 1.165) is 12.0 Å². The van der Waals surface area contributed by atoms with Crippen LogP contribution in [-0.2, 0) is 0 Å². The zero-order chi connectivity index (χ0) is 11.5. The van der Waals surface area contributed by atoms with Gasteiger partial charge in [0, 0.05) is 12.1 Å². The molecule has 0 aromatic heterocycles. The van der Waals surface area contributed by atoms with Crippen molar-refractivity contribution in [3.8, 4) is 0 Å². The second kappa shape index (κ2) is 5.01. The normalized spacial score (nSPS) is 26.2. The fourth-order valence-corrected chi connectivity index (χ4v) is 2.57. The second-order valence-electron chi connectivity index (χ2n) is 5.20. The number of aryl methyl sites for hydroxylation is 1. The molecule has 0 aliphatic heterocycles. The maximum absolute atomic E-state index is 3.69. The van der Waals surface area contributed by atoms with Crippen LogP contribution in [0.5, 0.6) is 0 Å². The zero-order valence-electron chi connectivity index (χ0n) is 10.7. The Kier molecular flexibility index (Phi) is 3.65. The summed E-state index contributed by atoms with van der Waals surface area (Å²) in [6.07, 6.45) is 3.86. The summed E-state index contributed by atoms with van der Waals surface area (Å²) in [4.78, 5) is 0. The van der Waals surface area contributed by atoms with Gasteiger partial charge in [-0.1, -0.05) is 31.2 Å². The van der Waals surface area contributed by atoms with E-state index in [-0.39, 0.29) is 0 Å². The lowest BCUT2D eigenvalue weighted by atomic mass is 9.74. The van der Waals surface area contributed by atoms with Gasteiger partial charge in [0.05, 0.1) is 0 Å². The highest BCUT2D eigenvalue weighted by molar-refractivity contribution is 5.31. The SMILES string of the molecule is CCC(C)NC1CC(c2ccccc2C)C1. The monoisotopic (exact) mass is 217 g/mol. The lowest BCUT2D eigenvalue weighted by Crippen LogP contribution is -2.44. The van der Waals surface area contributed by atoms with Gasteiger partial charge in [-0.25, -0.2) is 0 Å². The minimum Gasteiger partial charge on any atom is -0.311 e. The summed E-state index contributed by atoms with van der Waals surface area (Å²) in [5.41, 5.74) is 3.01. The lowest BCUT2D eigenvalue weighted by molar-refractivity contribution is 0.267. The molecule has 1 fully saturated rings. The maximum atomic E-state index is 3.69. The van der Waals surface area contributed by atoms with Crippen LogP contribution in [0.4, 0.5) is 0 Å². The topological polar surface area (TPSA) is 12.0 Å². The van der Waals surface area contributed by atoms with Gasteiger partial charge in [0.25, 0.3) is 0 Å². The van der Waals surface area contributed by atoms with Crippen LogP contribution in [0, 0.1) is 6.92 Å². The Bertz CT molecular complexity index is 339. The van der Waals surface area contributed by atoms with Crippen molar-refractivity contribution in [1.82, 2.24) is 5.32 Å². The van der Waals surface area contributed by atoms with Gasteiger partial charge < -0.3 is 5.32 Å². The molecule has 1 aliphatic rings. The lowest BCUT2D eigenvalue weighted by Gasteiger charge is -2.38. The average Bonchev–Trinajstić information content (AvgIpc) is 2.24. The van der Waals surface area contributed by atoms with Gasteiger partial charge in [0.2, 0.25) is 0 Å². The third kappa shape index (κ3) is 2.46. The molecule has 1 unspecified atom stereocenters. The van der Waals surface area contributed by atoms with Gasteiger partial charge >= 0.3 is 0 Å². The van der Waals surface area contributed by atoms with Crippen molar-refractivity contribution in [3.05, 3.63) is 35.4 Å². The van der Waals surface area contributed by atoms with E-state index in [2.05, 4.69) is 50.4 Å². The molecule has 1 aliphatic carbocycles. The molecule has 0 radical (unpaired) electrons. The highest BCUT2D eigenvalue weighted by Crippen LogP contribution is 2.38. The molecule has 0 amide bonds. The average molecular weight is 217 g/mol. The van der Waals surface area contributed by atoms with Gasteiger partial charge in [-0.05, 0) is 50.2 Å². The summed E-state index contributed by atoms with van der Waals surface area (Å²) in [6, 6.07) is 10.2. The predicted octanol–water partition coefficient (Wildman–Crippen LogP) is 3.63. The first-order valence-electron chi connectivity index (χ1n) is 6.52. The number of rotatable bonds is 4. The van der Waals surface area contributed by atoms with Gasteiger partial charge in [0.15, 0.2) is 0 Å². The first-order valence-corrected chi connectivity index (χ1v) is 6.52. The summed E-state index contributed by atoms with van der Waals surface area (Å²) in [5, 5.41) is 3.69. The fraction of sp³-hybridized carbons (Fsp3) is 0.600. The van der Waals surface area contributed by atoms with E-state index >= 15 is 0 Å². The van der Waals surface area contributed by atoms with Crippen LogP contribution >= 0.6 is 0 Å². The molecule has 0 bridgehead atoms. The van der Waals surface area contributed by atoms with Crippen molar-refractivity contribution in [2.75, 3.05) is 0 Å². The smallest absolute Gasteiger partial charge is 0.00812 e. The summed E-state index contributed by atoms with van der Waals surface area (Å²) in [6.45, 7) is 6.75. The van der Waals surface area contributed by atoms with Crippen molar-refractivity contribution in [2.24, 2.45) is 0 Å². The molecule has 1 atom stereocenters. The van der Waals surface area contributed by atoms with E-state index in [1.807, 2.05) is 0 Å². The Hall–Kier alpha value is -0.820. The molecule has 0 spiro atoms. The van der Waals surface area contributed by atoms with Crippen LogP contribution in [0.1, 0.15) is 50.2 Å². The standard InChI is InChI=1S/C15H23N/c1-4-12(3)16-14-9-13(10-14)15-8-6-5-7-11(15)2/h5-8,12-14,16H,4,9-10H2,1-3H3. The first kappa shape index (κ1) is 11.7. The summed E-state index contributed by atoms with van der Waals surface area (Å²) in [7, 11) is 0. The Morgan fingerprint density at radius 1 is 1.31 bits per heavy atom. The quantitative estimate of drug-likeness (QED) is 0.812.